The van der Waals surface area contributed by atoms with E-state index in [2.05, 4.69) is 5.32 Å². The first-order valence-corrected chi connectivity index (χ1v) is 10.6. The molecule has 2 unspecified atom stereocenters. The lowest BCUT2D eigenvalue weighted by molar-refractivity contribution is -0.170. The van der Waals surface area contributed by atoms with Gasteiger partial charge in [0.25, 0.3) is 0 Å². The summed E-state index contributed by atoms with van der Waals surface area (Å²) in [7, 11) is 0. The Morgan fingerprint density at radius 2 is 1.50 bits per heavy atom. The molecule has 7 heteroatoms. The number of ether oxygens (including phenoxy) is 2. The number of carboxylic acids is 1. The fraction of sp³-hybridized carbons (Fsp3) is 0.857. The average molecular weight is 402 g/mol. The number of hydrogen-bond donors (Lipinski definition) is 2. The van der Waals surface area contributed by atoms with Crippen LogP contribution in [-0.2, 0) is 23.9 Å². The molecule has 28 heavy (non-hydrogen) atoms. The maximum absolute atomic E-state index is 12.0. The van der Waals surface area contributed by atoms with Gasteiger partial charge >= 0.3 is 17.9 Å². The minimum Gasteiger partial charge on any atom is -0.481 e. The number of hydrogen-bond acceptors (Lipinski definition) is 6. The van der Waals surface area contributed by atoms with Gasteiger partial charge in [-0.1, -0.05) is 40.0 Å². The van der Waals surface area contributed by atoms with Gasteiger partial charge in [-0.3, -0.25) is 14.4 Å². The zero-order chi connectivity index (χ0) is 21.4. The monoisotopic (exact) mass is 401 g/mol. The molecule has 0 aromatic rings. The summed E-state index contributed by atoms with van der Waals surface area (Å²) in [5, 5.41) is 12.4. The van der Waals surface area contributed by atoms with E-state index in [0.29, 0.717) is 25.8 Å². The van der Waals surface area contributed by atoms with E-state index in [1.54, 1.807) is 0 Å². The van der Waals surface area contributed by atoms with Crippen molar-refractivity contribution in [3.63, 3.8) is 0 Å². The topological polar surface area (TPSA) is 102 Å². The Morgan fingerprint density at radius 3 is 2.04 bits per heavy atom. The van der Waals surface area contributed by atoms with Crippen LogP contribution >= 0.6 is 0 Å². The molecule has 0 bridgehead atoms. The average Bonchev–Trinajstić information content (AvgIpc) is 2.64. The molecule has 0 fully saturated rings. The molecule has 0 rings (SSSR count). The van der Waals surface area contributed by atoms with Crippen LogP contribution in [-0.4, -0.2) is 42.4 Å². The van der Waals surface area contributed by atoms with Gasteiger partial charge in [-0.15, -0.1) is 0 Å². The van der Waals surface area contributed by atoms with E-state index in [-0.39, 0.29) is 37.1 Å². The van der Waals surface area contributed by atoms with Gasteiger partial charge in [0.15, 0.2) is 0 Å². The molecule has 164 valence electrons. The summed E-state index contributed by atoms with van der Waals surface area (Å²) < 4.78 is 10.0. The van der Waals surface area contributed by atoms with E-state index < -0.39 is 11.9 Å². The molecule has 2 N–H and O–H groups in total. The zero-order valence-electron chi connectivity index (χ0n) is 18.0. The van der Waals surface area contributed by atoms with Crippen molar-refractivity contribution in [3.05, 3.63) is 0 Å². The molecular formula is C21H39NO6. The van der Waals surface area contributed by atoms with Gasteiger partial charge in [0.05, 0.1) is 11.8 Å². The summed E-state index contributed by atoms with van der Waals surface area (Å²) in [6.07, 6.45) is 6.28. The Morgan fingerprint density at radius 1 is 0.929 bits per heavy atom. The van der Waals surface area contributed by atoms with Crippen molar-refractivity contribution in [2.75, 3.05) is 13.3 Å². The predicted octanol–water partition coefficient (Wildman–Crippen LogP) is 3.90. The summed E-state index contributed by atoms with van der Waals surface area (Å²) >= 11 is 0. The van der Waals surface area contributed by atoms with Crippen LogP contribution in [0.15, 0.2) is 0 Å². The maximum Gasteiger partial charge on any atom is 0.311 e. The van der Waals surface area contributed by atoms with E-state index in [1.165, 1.54) is 0 Å². The smallest absolute Gasteiger partial charge is 0.311 e. The SMILES string of the molecule is CCCC(CC(C)NCCCC(=O)OCOC(=O)C(CCC)CCC)C(=O)O. The molecule has 0 aliphatic rings. The van der Waals surface area contributed by atoms with Crippen molar-refractivity contribution in [1.82, 2.24) is 5.32 Å². The normalized spacial score (nSPS) is 13.2. The van der Waals surface area contributed by atoms with Gasteiger partial charge in [0.2, 0.25) is 6.79 Å². The summed E-state index contributed by atoms with van der Waals surface area (Å²) in [5.41, 5.74) is 0. The van der Waals surface area contributed by atoms with Crippen molar-refractivity contribution in [3.8, 4) is 0 Å². The second kappa shape index (κ2) is 16.3. The van der Waals surface area contributed by atoms with E-state index >= 15 is 0 Å². The van der Waals surface area contributed by atoms with Crippen LogP contribution in [0, 0.1) is 11.8 Å². The van der Waals surface area contributed by atoms with Crippen LogP contribution in [0.3, 0.4) is 0 Å². The standard InChI is InChI=1S/C21H39NO6/c1-5-9-17(10-6-2)21(26)28-15-27-19(23)12-8-13-22-16(4)14-18(11-7-3)20(24)25/h16-18,22H,5-15H2,1-4H3,(H,24,25). The highest BCUT2D eigenvalue weighted by molar-refractivity contribution is 5.73. The van der Waals surface area contributed by atoms with Gasteiger partial charge in [0, 0.05) is 12.5 Å². The number of carbonyl (C=O) groups excluding carboxylic acids is 2. The molecule has 0 aliphatic heterocycles. The Hall–Kier alpha value is -1.63. The zero-order valence-corrected chi connectivity index (χ0v) is 18.0. The van der Waals surface area contributed by atoms with Crippen molar-refractivity contribution in [2.24, 2.45) is 11.8 Å². The van der Waals surface area contributed by atoms with Crippen molar-refractivity contribution in [2.45, 2.75) is 91.5 Å². The number of nitrogens with one attached hydrogen (secondary N) is 1. The third-order valence-electron chi connectivity index (χ3n) is 4.70. The van der Waals surface area contributed by atoms with Crippen LogP contribution in [0.1, 0.15) is 85.5 Å². The third-order valence-corrected chi connectivity index (χ3v) is 4.70. The Bertz CT molecular complexity index is 448. The fourth-order valence-corrected chi connectivity index (χ4v) is 3.20. The quantitative estimate of drug-likeness (QED) is 0.216. The molecule has 0 saturated heterocycles. The van der Waals surface area contributed by atoms with Crippen LogP contribution in [0.4, 0.5) is 0 Å². The summed E-state index contributed by atoms with van der Waals surface area (Å²) in [6.45, 7) is 8.25. The number of esters is 2. The van der Waals surface area contributed by atoms with Crippen LogP contribution in [0.25, 0.3) is 0 Å². The first-order valence-electron chi connectivity index (χ1n) is 10.6. The first-order chi connectivity index (χ1) is 13.3. The molecule has 0 heterocycles. The van der Waals surface area contributed by atoms with Crippen molar-refractivity contribution < 1.29 is 29.0 Å². The summed E-state index contributed by atoms with van der Waals surface area (Å²) in [4.78, 5) is 34.9. The van der Waals surface area contributed by atoms with E-state index in [4.69, 9.17) is 9.47 Å². The van der Waals surface area contributed by atoms with E-state index in [0.717, 1.165) is 32.1 Å². The highest BCUT2D eigenvalue weighted by atomic mass is 16.7. The Kier molecular flexibility index (Phi) is 15.4. The summed E-state index contributed by atoms with van der Waals surface area (Å²) in [5.74, 6) is -1.92. The van der Waals surface area contributed by atoms with E-state index in [1.807, 2.05) is 27.7 Å². The van der Waals surface area contributed by atoms with Gasteiger partial charge in [-0.05, 0) is 45.6 Å². The number of carbonyl (C=O) groups is 3. The Balaban J connectivity index is 3.92. The van der Waals surface area contributed by atoms with Crippen LogP contribution in [0.5, 0.6) is 0 Å². The number of rotatable bonds is 17. The second-order valence-corrected chi connectivity index (χ2v) is 7.39. The lowest BCUT2D eigenvalue weighted by Gasteiger charge is -2.18. The molecule has 2 atom stereocenters. The summed E-state index contributed by atoms with van der Waals surface area (Å²) in [6, 6.07) is 0.0682. The number of carboxylic acid groups (broad SMARTS) is 1. The lowest BCUT2D eigenvalue weighted by atomic mass is 9.96. The van der Waals surface area contributed by atoms with Gasteiger partial charge in [0.1, 0.15) is 0 Å². The lowest BCUT2D eigenvalue weighted by Crippen LogP contribution is -2.31. The molecule has 0 spiro atoms. The fourth-order valence-electron chi connectivity index (χ4n) is 3.20. The first kappa shape index (κ1) is 26.4. The molecule has 0 aliphatic carbocycles. The third kappa shape index (κ3) is 12.7. The minimum atomic E-state index is -0.756. The molecule has 0 saturated carbocycles. The highest BCUT2D eigenvalue weighted by Gasteiger charge is 2.20. The van der Waals surface area contributed by atoms with Gasteiger partial charge < -0.3 is 19.9 Å². The molecule has 0 amide bonds. The van der Waals surface area contributed by atoms with E-state index in [9.17, 15) is 19.5 Å². The molecule has 0 radical (unpaired) electrons. The van der Waals surface area contributed by atoms with Crippen LogP contribution < -0.4 is 5.32 Å². The minimum absolute atomic E-state index is 0.0682. The molecule has 7 nitrogen and oxygen atoms in total. The van der Waals surface area contributed by atoms with Crippen molar-refractivity contribution in [1.29, 1.82) is 0 Å². The Labute approximate surface area is 169 Å². The number of aliphatic carboxylic acids is 1. The molecule has 0 aromatic carbocycles. The predicted molar refractivity (Wildman–Crippen MR) is 108 cm³/mol. The molecular weight excluding hydrogens is 362 g/mol. The highest BCUT2D eigenvalue weighted by Crippen LogP contribution is 2.15. The van der Waals surface area contributed by atoms with Gasteiger partial charge in [-0.25, -0.2) is 0 Å². The van der Waals surface area contributed by atoms with Crippen LogP contribution in [0.2, 0.25) is 0 Å². The van der Waals surface area contributed by atoms with Crippen molar-refractivity contribution >= 4 is 17.9 Å². The largest absolute Gasteiger partial charge is 0.481 e. The van der Waals surface area contributed by atoms with Gasteiger partial charge in [-0.2, -0.15) is 0 Å². The second-order valence-electron chi connectivity index (χ2n) is 7.39. The molecule has 0 aromatic heterocycles. The maximum atomic E-state index is 12.0.